The molecule has 2 aliphatic heterocycles. The van der Waals surface area contributed by atoms with E-state index < -0.39 is 0 Å². The van der Waals surface area contributed by atoms with Gasteiger partial charge < -0.3 is 25.4 Å². The summed E-state index contributed by atoms with van der Waals surface area (Å²) < 4.78 is 5.55. The first kappa shape index (κ1) is 19.5. The molecule has 2 saturated heterocycles. The maximum Gasteiger partial charge on any atom is 0.191 e. The molecule has 6 nitrogen and oxygen atoms in total. The molecule has 0 amide bonds. The van der Waals surface area contributed by atoms with Gasteiger partial charge in [0.15, 0.2) is 5.96 Å². The van der Waals surface area contributed by atoms with E-state index in [0.29, 0.717) is 13.2 Å². The minimum atomic E-state index is 0.0158. The number of nitrogens with zero attached hydrogens (tertiary/aromatic N) is 2. The van der Waals surface area contributed by atoms with Gasteiger partial charge in [-0.05, 0) is 45.7 Å². The summed E-state index contributed by atoms with van der Waals surface area (Å²) >= 11 is 0. The molecule has 6 heteroatoms. The second kappa shape index (κ2) is 10.9. The van der Waals surface area contributed by atoms with Crippen LogP contribution in [-0.4, -0.2) is 75.1 Å². The van der Waals surface area contributed by atoms with Crippen LogP contribution in [0, 0.1) is 5.41 Å². The van der Waals surface area contributed by atoms with Crippen molar-refractivity contribution in [3.63, 3.8) is 0 Å². The minimum absolute atomic E-state index is 0.0158. The van der Waals surface area contributed by atoms with Crippen LogP contribution in [0.3, 0.4) is 0 Å². The van der Waals surface area contributed by atoms with Gasteiger partial charge in [-0.25, -0.2) is 0 Å². The summed E-state index contributed by atoms with van der Waals surface area (Å²) in [6.45, 7) is 9.83. The molecular weight excluding hydrogens is 304 g/mol. The van der Waals surface area contributed by atoms with Crippen molar-refractivity contribution >= 4 is 5.96 Å². The van der Waals surface area contributed by atoms with Crippen LogP contribution in [-0.2, 0) is 4.74 Å². The van der Waals surface area contributed by atoms with E-state index in [-0.39, 0.29) is 12.0 Å². The van der Waals surface area contributed by atoms with E-state index in [9.17, 15) is 5.11 Å². The molecule has 2 heterocycles. The number of aliphatic hydroxyl groups excluding tert-OH is 1. The second-order valence-electron chi connectivity index (χ2n) is 7.15. The third-order valence-electron chi connectivity index (χ3n) is 5.16. The SMILES string of the molecule is CCNC(=NCC1(CCO)CCOC1)NCCN1CCCCCC1. The van der Waals surface area contributed by atoms with E-state index in [1.54, 1.807) is 0 Å². The molecule has 1 unspecified atom stereocenters. The van der Waals surface area contributed by atoms with E-state index in [1.165, 1.54) is 38.8 Å². The van der Waals surface area contributed by atoms with Gasteiger partial charge in [0.25, 0.3) is 0 Å². The first-order valence-corrected chi connectivity index (χ1v) is 9.71. The second-order valence-corrected chi connectivity index (χ2v) is 7.15. The highest BCUT2D eigenvalue weighted by atomic mass is 16.5. The number of ether oxygens (including phenoxy) is 1. The molecule has 0 aliphatic carbocycles. The van der Waals surface area contributed by atoms with Gasteiger partial charge in [-0.3, -0.25) is 4.99 Å². The maximum absolute atomic E-state index is 9.33. The minimum Gasteiger partial charge on any atom is -0.396 e. The quantitative estimate of drug-likeness (QED) is 0.458. The lowest BCUT2D eigenvalue weighted by Crippen LogP contribution is -2.42. The van der Waals surface area contributed by atoms with Gasteiger partial charge in [-0.2, -0.15) is 0 Å². The zero-order chi connectivity index (χ0) is 17.1. The van der Waals surface area contributed by atoms with Crippen LogP contribution in [0.25, 0.3) is 0 Å². The van der Waals surface area contributed by atoms with Crippen LogP contribution in [0.4, 0.5) is 0 Å². The fourth-order valence-electron chi connectivity index (χ4n) is 3.57. The Labute approximate surface area is 147 Å². The summed E-state index contributed by atoms with van der Waals surface area (Å²) in [7, 11) is 0. The topological polar surface area (TPSA) is 69.1 Å². The van der Waals surface area contributed by atoms with Crippen molar-refractivity contribution in [3.05, 3.63) is 0 Å². The molecule has 2 aliphatic rings. The van der Waals surface area contributed by atoms with Crippen LogP contribution >= 0.6 is 0 Å². The van der Waals surface area contributed by atoms with E-state index in [1.807, 2.05) is 0 Å². The van der Waals surface area contributed by atoms with Gasteiger partial charge in [-0.15, -0.1) is 0 Å². The average Bonchev–Trinajstić information content (AvgIpc) is 2.88. The molecular formula is C18H36N4O2. The normalized spacial score (nSPS) is 26.3. The molecule has 0 saturated carbocycles. The van der Waals surface area contributed by atoms with Crippen LogP contribution in [0.5, 0.6) is 0 Å². The predicted octanol–water partition coefficient (Wildman–Crippen LogP) is 1.21. The Balaban J connectivity index is 1.79. The number of guanidine groups is 1. The number of aliphatic imine (C=N–C) groups is 1. The van der Waals surface area contributed by atoms with E-state index in [2.05, 4.69) is 22.5 Å². The average molecular weight is 341 g/mol. The number of hydrogen-bond donors (Lipinski definition) is 3. The van der Waals surface area contributed by atoms with Crippen molar-refractivity contribution in [3.8, 4) is 0 Å². The highest BCUT2D eigenvalue weighted by Gasteiger charge is 2.34. The molecule has 0 radical (unpaired) electrons. The van der Waals surface area contributed by atoms with Gasteiger partial charge in [0.2, 0.25) is 0 Å². The molecule has 0 bridgehead atoms. The third-order valence-corrected chi connectivity index (χ3v) is 5.16. The number of rotatable bonds is 8. The number of hydrogen-bond acceptors (Lipinski definition) is 4. The molecule has 3 N–H and O–H groups in total. The van der Waals surface area contributed by atoms with Crippen molar-refractivity contribution < 1.29 is 9.84 Å². The fraction of sp³-hybridized carbons (Fsp3) is 0.944. The number of nitrogens with one attached hydrogen (secondary N) is 2. The van der Waals surface area contributed by atoms with Gasteiger partial charge in [0.05, 0.1) is 13.2 Å². The van der Waals surface area contributed by atoms with Gasteiger partial charge >= 0.3 is 0 Å². The Morgan fingerprint density at radius 1 is 1.21 bits per heavy atom. The number of likely N-dealkylation sites (tertiary alicyclic amines) is 1. The standard InChI is InChI=1S/C18H36N4O2/c1-2-19-17(20-9-12-22-10-5-3-4-6-11-22)21-15-18(7-13-23)8-14-24-16-18/h23H,2-16H2,1H3,(H2,19,20,21). The fourth-order valence-corrected chi connectivity index (χ4v) is 3.57. The molecule has 0 aromatic heterocycles. The third kappa shape index (κ3) is 6.57. The molecule has 140 valence electrons. The maximum atomic E-state index is 9.33. The Bertz CT molecular complexity index is 362. The predicted molar refractivity (Wildman–Crippen MR) is 98.5 cm³/mol. The van der Waals surface area contributed by atoms with Crippen LogP contribution in [0.15, 0.2) is 4.99 Å². The molecule has 2 rings (SSSR count). The van der Waals surface area contributed by atoms with E-state index >= 15 is 0 Å². The summed E-state index contributed by atoms with van der Waals surface area (Å²) in [6.07, 6.45) is 7.18. The summed E-state index contributed by atoms with van der Waals surface area (Å²) in [5.74, 6) is 0.886. The smallest absolute Gasteiger partial charge is 0.191 e. The molecule has 1 atom stereocenters. The van der Waals surface area contributed by atoms with E-state index in [4.69, 9.17) is 9.73 Å². The lowest BCUT2D eigenvalue weighted by Gasteiger charge is -2.25. The van der Waals surface area contributed by atoms with Crippen molar-refractivity contribution in [1.82, 2.24) is 15.5 Å². The van der Waals surface area contributed by atoms with Gasteiger partial charge in [0.1, 0.15) is 0 Å². The first-order chi connectivity index (χ1) is 11.8. The molecule has 0 spiro atoms. The van der Waals surface area contributed by atoms with Gasteiger partial charge in [0, 0.05) is 38.3 Å². The highest BCUT2D eigenvalue weighted by Crippen LogP contribution is 2.32. The van der Waals surface area contributed by atoms with Crippen molar-refractivity contribution in [2.75, 3.05) is 59.1 Å². The van der Waals surface area contributed by atoms with E-state index in [0.717, 1.165) is 45.0 Å². The Kier molecular flexibility index (Phi) is 8.84. The van der Waals surface area contributed by atoms with Crippen molar-refractivity contribution in [2.24, 2.45) is 10.4 Å². The lowest BCUT2D eigenvalue weighted by atomic mass is 9.84. The Hall–Kier alpha value is -0.850. The van der Waals surface area contributed by atoms with Crippen molar-refractivity contribution in [1.29, 1.82) is 0 Å². The molecule has 0 aromatic rings. The summed E-state index contributed by atoms with van der Waals surface area (Å²) in [5.41, 5.74) is 0.0158. The summed E-state index contributed by atoms with van der Waals surface area (Å²) in [6, 6.07) is 0. The Morgan fingerprint density at radius 3 is 2.62 bits per heavy atom. The zero-order valence-corrected chi connectivity index (χ0v) is 15.4. The zero-order valence-electron chi connectivity index (χ0n) is 15.4. The highest BCUT2D eigenvalue weighted by molar-refractivity contribution is 5.79. The Morgan fingerprint density at radius 2 is 2.00 bits per heavy atom. The largest absolute Gasteiger partial charge is 0.396 e. The van der Waals surface area contributed by atoms with Crippen LogP contribution < -0.4 is 10.6 Å². The first-order valence-electron chi connectivity index (χ1n) is 9.71. The van der Waals surface area contributed by atoms with Crippen LogP contribution in [0.2, 0.25) is 0 Å². The monoisotopic (exact) mass is 340 g/mol. The molecule has 0 aromatic carbocycles. The molecule has 24 heavy (non-hydrogen) atoms. The summed E-state index contributed by atoms with van der Waals surface area (Å²) in [5, 5.41) is 16.1. The van der Waals surface area contributed by atoms with Gasteiger partial charge in [-0.1, -0.05) is 12.8 Å². The molecule has 2 fully saturated rings. The number of aliphatic hydroxyl groups is 1. The summed E-state index contributed by atoms with van der Waals surface area (Å²) in [4.78, 5) is 7.33. The lowest BCUT2D eigenvalue weighted by molar-refractivity contribution is 0.131. The van der Waals surface area contributed by atoms with Crippen molar-refractivity contribution in [2.45, 2.75) is 45.4 Å². The van der Waals surface area contributed by atoms with Crippen LogP contribution in [0.1, 0.15) is 45.4 Å².